The lowest BCUT2D eigenvalue weighted by molar-refractivity contribution is 0.215. The number of benzene rings is 2. The van der Waals surface area contributed by atoms with Crippen molar-refractivity contribution in [3.8, 4) is 11.5 Å². The van der Waals surface area contributed by atoms with E-state index in [1.165, 1.54) is 0 Å². The van der Waals surface area contributed by atoms with Crippen LogP contribution in [0.15, 0.2) is 48.5 Å². The zero-order valence-corrected chi connectivity index (χ0v) is 16.8. The van der Waals surface area contributed by atoms with E-state index in [9.17, 15) is 4.79 Å². The number of ether oxygens (including phenoxy) is 1. The van der Waals surface area contributed by atoms with Crippen LogP contribution in [-0.4, -0.2) is 14.4 Å². The molecule has 0 unspecified atom stereocenters. The molecule has 0 radical (unpaired) electrons. The minimum atomic E-state index is -1.88. The first-order valence-electron chi connectivity index (χ1n) is 8.42. The molecule has 5 heteroatoms. The Morgan fingerprint density at radius 1 is 1.00 bits per heavy atom. The SMILES string of the molecule is Cc1cc(O[Si](C)(C)C(C)(C)C)ccc1NC(=O)Oc1ccccc1. The number of aryl methyl sites for hydroxylation is 1. The Balaban J connectivity index is 2.05. The van der Waals surface area contributed by atoms with Gasteiger partial charge in [0.05, 0.1) is 0 Å². The number of hydrogen-bond acceptors (Lipinski definition) is 3. The zero-order chi connectivity index (χ0) is 18.7. The van der Waals surface area contributed by atoms with Crippen molar-refractivity contribution < 1.29 is 14.0 Å². The monoisotopic (exact) mass is 357 g/mol. The van der Waals surface area contributed by atoms with Gasteiger partial charge in [0.1, 0.15) is 11.5 Å². The van der Waals surface area contributed by atoms with Gasteiger partial charge < -0.3 is 9.16 Å². The highest BCUT2D eigenvalue weighted by molar-refractivity contribution is 6.74. The van der Waals surface area contributed by atoms with Crippen LogP contribution >= 0.6 is 0 Å². The lowest BCUT2D eigenvalue weighted by Gasteiger charge is -2.36. The molecular weight excluding hydrogens is 330 g/mol. The van der Waals surface area contributed by atoms with Crippen LogP contribution in [0.25, 0.3) is 0 Å². The van der Waals surface area contributed by atoms with E-state index in [0.717, 1.165) is 11.3 Å². The van der Waals surface area contributed by atoms with Crippen LogP contribution in [0.4, 0.5) is 10.5 Å². The van der Waals surface area contributed by atoms with Crippen molar-refractivity contribution in [3.63, 3.8) is 0 Å². The molecule has 0 fully saturated rings. The van der Waals surface area contributed by atoms with Gasteiger partial charge in [-0.3, -0.25) is 5.32 Å². The van der Waals surface area contributed by atoms with Gasteiger partial charge in [0.2, 0.25) is 8.32 Å². The van der Waals surface area contributed by atoms with Gasteiger partial charge in [-0.1, -0.05) is 39.0 Å². The van der Waals surface area contributed by atoms with Crippen LogP contribution in [0.2, 0.25) is 18.1 Å². The third kappa shape index (κ3) is 5.10. The summed E-state index contributed by atoms with van der Waals surface area (Å²) in [5, 5.41) is 2.91. The number of para-hydroxylation sites is 1. The highest BCUT2D eigenvalue weighted by Crippen LogP contribution is 2.37. The number of nitrogens with one attached hydrogen (secondary N) is 1. The van der Waals surface area contributed by atoms with Crippen molar-refractivity contribution in [1.29, 1.82) is 0 Å². The van der Waals surface area contributed by atoms with E-state index < -0.39 is 14.4 Å². The summed E-state index contributed by atoms with van der Waals surface area (Å²) in [7, 11) is -1.88. The summed E-state index contributed by atoms with van der Waals surface area (Å²) in [6.07, 6.45) is -0.507. The zero-order valence-electron chi connectivity index (χ0n) is 15.8. The van der Waals surface area contributed by atoms with E-state index >= 15 is 0 Å². The van der Waals surface area contributed by atoms with Gasteiger partial charge in [-0.25, -0.2) is 4.79 Å². The van der Waals surface area contributed by atoms with Crippen molar-refractivity contribution in [2.75, 3.05) is 5.32 Å². The molecule has 0 aromatic heterocycles. The number of carbonyl (C=O) groups is 1. The first-order chi connectivity index (χ1) is 11.6. The van der Waals surface area contributed by atoms with Gasteiger partial charge in [0.25, 0.3) is 0 Å². The van der Waals surface area contributed by atoms with Crippen LogP contribution in [0.5, 0.6) is 11.5 Å². The molecule has 2 aromatic rings. The maximum absolute atomic E-state index is 12.0. The molecule has 0 saturated carbocycles. The van der Waals surface area contributed by atoms with E-state index in [2.05, 4.69) is 39.2 Å². The molecule has 0 atom stereocenters. The molecule has 1 N–H and O–H groups in total. The van der Waals surface area contributed by atoms with Crippen molar-refractivity contribution in [2.24, 2.45) is 0 Å². The smallest absolute Gasteiger partial charge is 0.417 e. The average molecular weight is 358 g/mol. The molecule has 1 amide bonds. The Morgan fingerprint density at radius 3 is 2.20 bits per heavy atom. The summed E-state index contributed by atoms with van der Waals surface area (Å²) in [6.45, 7) is 13.0. The fourth-order valence-electron chi connectivity index (χ4n) is 2.02. The Bertz CT molecular complexity index is 736. The summed E-state index contributed by atoms with van der Waals surface area (Å²) in [6, 6.07) is 14.7. The Morgan fingerprint density at radius 2 is 1.64 bits per heavy atom. The maximum atomic E-state index is 12.0. The summed E-state index contributed by atoms with van der Waals surface area (Å²) < 4.78 is 11.6. The van der Waals surface area contributed by atoms with Crippen LogP contribution in [-0.2, 0) is 0 Å². The normalized spacial score (nSPS) is 11.8. The summed E-state index contributed by atoms with van der Waals surface area (Å²) in [5.41, 5.74) is 1.64. The van der Waals surface area contributed by atoms with Crippen LogP contribution in [0.3, 0.4) is 0 Å². The minimum Gasteiger partial charge on any atom is -0.543 e. The van der Waals surface area contributed by atoms with Crippen molar-refractivity contribution in [2.45, 2.75) is 45.8 Å². The molecule has 0 spiro atoms. The molecule has 25 heavy (non-hydrogen) atoms. The van der Waals surface area contributed by atoms with Gasteiger partial charge in [-0.15, -0.1) is 0 Å². The molecule has 134 valence electrons. The number of carbonyl (C=O) groups excluding carboxylic acids is 1. The highest BCUT2D eigenvalue weighted by Gasteiger charge is 2.38. The fraction of sp³-hybridized carbons (Fsp3) is 0.350. The molecule has 2 aromatic carbocycles. The van der Waals surface area contributed by atoms with E-state index in [1.807, 2.05) is 43.3 Å². The third-order valence-electron chi connectivity index (χ3n) is 4.57. The summed E-state index contributed by atoms with van der Waals surface area (Å²) in [5.74, 6) is 1.35. The Labute approximate surface area is 151 Å². The summed E-state index contributed by atoms with van der Waals surface area (Å²) >= 11 is 0. The molecule has 2 rings (SSSR count). The van der Waals surface area contributed by atoms with Crippen LogP contribution in [0.1, 0.15) is 26.3 Å². The van der Waals surface area contributed by atoms with Gasteiger partial charge in [-0.2, -0.15) is 0 Å². The number of amides is 1. The van der Waals surface area contributed by atoms with Gasteiger partial charge in [0, 0.05) is 5.69 Å². The first-order valence-corrected chi connectivity index (χ1v) is 11.3. The topological polar surface area (TPSA) is 47.6 Å². The molecule has 0 aliphatic heterocycles. The van der Waals surface area contributed by atoms with E-state index in [1.54, 1.807) is 12.1 Å². The van der Waals surface area contributed by atoms with Crippen molar-refractivity contribution in [1.82, 2.24) is 0 Å². The molecule has 0 aliphatic carbocycles. The predicted octanol–water partition coefficient (Wildman–Crippen LogP) is 5.99. The second kappa shape index (κ2) is 7.31. The van der Waals surface area contributed by atoms with Gasteiger partial charge in [-0.05, 0) is 61.0 Å². The standard InChI is InChI=1S/C20H27NO3Si/c1-15-14-17(24-25(5,6)20(2,3)4)12-13-18(15)21-19(22)23-16-10-8-7-9-11-16/h7-14H,1-6H3,(H,21,22). The Kier molecular flexibility index (Phi) is 5.57. The van der Waals surface area contributed by atoms with Gasteiger partial charge >= 0.3 is 6.09 Å². The molecule has 0 aliphatic rings. The molecule has 0 bridgehead atoms. The van der Waals surface area contributed by atoms with Crippen LogP contribution in [0, 0.1) is 6.92 Å². The molecule has 0 heterocycles. The molecule has 4 nitrogen and oxygen atoms in total. The van der Waals surface area contributed by atoms with E-state index in [4.69, 9.17) is 9.16 Å². The average Bonchev–Trinajstić information content (AvgIpc) is 2.49. The second-order valence-electron chi connectivity index (χ2n) is 7.67. The number of anilines is 1. The predicted molar refractivity (Wildman–Crippen MR) is 105 cm³/mol. The quantitative estimate of drug-likeness (QED) is 0.684. The maximum Gasteiger partial charge on any atom is 0.417 e. The largest absolute Gasteiger partial charge is 0.543 e. The molecule has 0 saturated heterocycles. The van der Waals surface area contributed by atoms with E-state index in [0.29, 0.717) is 11.4 Å². The van der Waals surface area contributed by atoms with Crippen molar-refractivity contribution in [3.05, 3.63) is 54.1 Å². The fourth-order valence-corrected chi connectivity index (χ4v) is 3.04. The molecular formula is C20H27NO3Si. The Hall–Kier alpha value is -2.27. The number of rotatable bonds is 4. The highest BCUT2D eigenvalue weighted by atomic mass is 28.4. The third-order valence-corrected chi connectivity index (χ3v) is 8.93. The second-order valence-corrected chi connectivity index (χ2v) is 12.4. The van der Waals surface area contributed by atoms with Crippen LogP contribution < -0.4 is 14.5 Å². The summed E-state index contributed by atoms with van der Waals surface area (Å²) in [4.78, 5) is 12.0. The number of hydrogen-bond donors (Lipinski definition) is 1. The van der Waals surface area contributed by atoms with Gasteiger partial charge in [0.15, 0.2) is 0 Å². The first kappa shape index (κ1) is 19.1. The minimum absolute atomic E-state index is 0.136. The van der Waals surface area contributed by atoms with E-state index in [-0.39, 0.29) is 5.04 Å². The van der Waals surface area contributed by atoms with Crippen molar-refractivity contribution >= 4 is 20.1 Å². The lowest BCUT2D eigenvalue weighted by atomic mass is 10.2. The lowest BCUT2D eigenvalue weighted by Crippen LogP contribution is -2.43.